The van der Waals surface area contributed by atoms with Gasteiger partial charge >= 0.3 is 0 Å². The minimum absolute atomic E-state index is 0.0544. The normalized spacial score (nSPS) is 11.1. The fourth-order valence-corrected chi connectivity index (χ4v) is 1.85. The number of nitrogens with one attached hydrogen (secondary N) is 1. The van der Waals surface area contributed by atoms with Crippen molar-refractivity contribution in [1.82, 2.24) is 4.98 Å². The van der Waals surface area contributed by atoms with Gasteiger partial charge in [0.2, 0.25) is 5.75 Å². The van der Waals surface area contributed by atoms with Crippen LogP contribution in [0.1, 0.15) is 0 Å². The number of aromatic amines is 1. The lowest BCUT2D eigenvalue weighted by atomic mass is 10.1. The molecule has 3 aromatic rings. The molecule has 1 aromatic heterocycles. The number of hydrogen-bond donors (Lipinski definition) is 1. The molecule has 0 fully saturated rings. The lowest BCUT2D eigenvalue weighted by molar-refractivity contribution is 0.359. The summed E-state index contributed by atoms with van der Waals surface area (Å²) in [5.41, 5.74) is 1.72. The largest absolute Gasteiger partial charge is 0.351 e. The molecule has 0 saturated heterocycles. The molecule has 0 aliphatic rings. The van der Waals surface area contributed by atoms with Gasteiger partial charge in [0.1, 0.15) is 0 Å². The Labute approximate surface area is 80.8 Å². The average Bonchev–Trinajstić information content (AvgIpc) is 2.59. The van der Waals surface area contributed by atoms with Crippen LogP contribution in [0, 0.1) is 0 Å². The highest BCUT2D eigenvalue weighted by atomic mass is 16.3. The first kappa shape index (κ1) is 7.44. The van der Waals surface area contributed by atoms with Crippen molar-refractivity contribution in [3.63, 3.8) is 0 Å². The van der Waals surface area contributed by atoms with Gasteiger partial charge in [-0.3, -0.25) is 5.11 Å². The van der Waals surface area contributed by atoms with Gasteiger partial charge in [-0.05, 0) is 12.1 Å². The van der Waals surface area contributed by atoms with Crippen LogP contribution in [0.2, 0.25) is 0 Å². The lowest BCUT2D eigenvalue weighted by Gasteiger charge is -1.89. The minimum Gasteiger partial charge on any atom is -0.351 e. The Bertz CT molecular complexity index is 610. The van der Waals surface area contributed by atoms with Crippen LogP contribution in [0.3, 0.4) is 0 Å². The van der Waals surface area contributed by atoms with E-state index in [9.17, 15) is 5.11 Å². The summed E-state index contributed by atoms with van der Waals surface area (Å²) in [6, 6.07) is 13.3. The summed E-state index contributed by atoms with van der Waals surface area (Å²) < 4.78 is 0. The Morgan fingerprint density at radius 2 is 1.64 bits per heavy atom. The Morgan fingerprint density at radius 3 is 2.57 bits per heavy atom. The molecule has 3 rings (SSSR count). The molecular formula is C12H8NO. The van der Waals surface area contributed by atoms with E-state index in [1.165, 1.54) is 0 Å². The van der Waals surface area contributed by atoms with Gasteiger partial charge in [0.05, 0.1) is 5.52 Å². The minimum atomic E-state index is 0.0544. The Morgan fingerprint density at radius 1 is 0.857 bits per heavy atom. The zero-order valence-electron chi connectivity index (χ0n) is 7.45. The quantitative estimate of drug-likeness (QED) is 0.552. The van der Waals surface area contributed by atoms with Crippen LogP contribution in [0.4, 0.5) is 0 Å². The van der Waals surface area contributed by atoms with Crippen LogP contribution in [0.25, 0.3) is 21.8 Å². The second kappa shape index (κ2) is 2.51. The molecule has 2 aromatic carbocycles. The summed E-state index contributed by atoms with van der Waals surface area (Å²) in [4.78, 5) is 3.13. The molecule has 0 spiro atoms. The molecule has 1 N–H and O–H groups in total. The summed E-state index contributed by atoms with van der Waals surface area (Å²) in [6.45, 7) is 0. The molecule has 2 nitrogen and oxygen atoms in total. The van der Waals surface area contributed by atoms with Crippen molar-refractivity contribution in [2.24, 2.45) is 0 Å². The Hall–Kier alpha value is -1.96. The number of aromatic nitrogens is 1. The zero-order chi connectivity index (χ0) is 9.54. The number of H-pyrrole nitrogens is 1. The molecule has 0 aliphatic heterocycles. The summed E-state index contributed by atoms with van der Waals surface area (Å²) in [5, 5.41) is 13.6. The molecule has 0 amide bonds. The number of benzene rings is 2. The Kier molecular flexibility index (Phi) is 1.34. The molecule has 0 bridgehead atoms. The first-order chi connectivity index (χ1) is 6.86. The molecule has 0 aliphatic carbocycles. The van der Waals surface area contributed by atoms with E-state index in [1.807, 2.05) is 30.3 Å². The molecule has 14 heavy (non-hydrogen) atoms. The van der Waals surface area contributed by atoms with Crippen molar-refractivity contribution in [2.75, 3.05) is 0 Å². The zero-order valence-corrected chi connectivity index (χ0v) is 7.45. The van der Waals surface area contributed by atoms with Crippen molar-refractivity contribution >= 4 is 21.8 Å². The van der Waals surface area contributed by atoms with Gasteiger partial charge in [0.15, 0.2) is 0 Å². The fourth-order valence-electron chi connectivity index (χ4n) is 1.85. The standard InChI is InChI=1S/C12H8NO/c14-11-7-3-5-9-8-4-1-2-6-10(8)13-12(9)11/h1-7,13H. The highest BCUT2D eigenvalue weighted by Gasteiger charge is 2.06. The van der Waals surface area contributed by atoms with Crippen LogP contribution in [-0.2, 0) is 5.11 Å². The summed E-state index contributed by atoms with van der Waals surface area (Å²) in [6.07, 6.45) is 0. The van der Waals surface area contributed by atoms with Gasteiger partial charge < -0.3 is 4.98 Å². The topological polar surface area (TPSA) is 35.7 Å². The summed E-state index contributed by atoms with van der Waals surface area (Å²) >= 11 is 0. The molecule has 0 unspecified atom stereocenters. The van der Waals surface area contributed by atoms with Gasteiger partial charge in [-0.1, -0.05) is 30.3 Å². The molecular weight excluding hydrogens is 174 g/mol. The third kappa shape index (κ3) is 0.852. The molecule has 1 radical (unpaired) electrons. The van der Waals surface area contributed by atoms with Crippen molar-refractivity contribution < 1.29 is 5.11 Å². The molecule has 0 saturated carbocycles. The SMILES string of the molecule is [O]c1cccc2c1[nH]c1ccccc12. The van der Waals surface area contributed by atoms with E-state index < -0.39 is 0 Å². The van der Waals surface area contributed by atoms with E-state index in [0.29, 0.717) is 5.52 Å². The van der Waals surface area contributed by atoms with Crippen molar-refractivity contribution in [2.45, 2.75) is 0 Å². The molecule has 2 heteroatoms. The van der Waals surface area contributed by atoms with Gasteiger partial charge in [0, 0.05) is 16.3 Å². The van der Waals surface area contributed by atoms with Crippen LogP contribution >= 0.6 is 0 Å². The summed E-state index contributed by atoms with van der Waals surface area (Å²) in [5.74, 6) is 0.0544. The molecule has 0 atom stereocenters. The maximum absolute atomic E-state index is 11.5. The van der Waals surface area contributed by atoms with E-state index in [0.717, 1.165) is 16.3 Å². The second-order valence-electron chi connectivity index (χ2n) is 3.35. The number of fused-ring (bicyclic) bond motifs is 3. The van der Waals surface area contributed by atoms with E-state index >= 15 is 0 Å². The monoisotopic (exact) mass is 182 g/mol. The number of hydrogen-bond acceptors (Lipinski definition) is 0. The van der Waals surface area contributed by atoms with Crippen LogP contribution in [-0.4, -0.2) is 4.98 Å². The van der Waals surface area contributed by atoms with Crippen LogP contribution in [0.15, 0.2) is 42.5 Å². The van der Waals surface area contributed by atoms with Gasteiger partial charge in [-0.25, -0.2) is 0 Å². The predicted molar refractivity (Wildman–Crippen MR) is 55.9 cm³/mol. The summed E-state index contributed by atoms with van der Waals surface area (Å²) in [7, 11) is 0. The lowest BCUT2D eigenvalue weighted by Crippen LogP contribution is -1.66. The second-order valence-corrected chi connectivity index (χ2v) is 3.35. The molecule has 1 heterocycles. The maximum atomic E-state index is 11.5. The van der Waals surface area contributed by atoms with Gasteiger partial charge in [-0.15, -0.1) is 0 Å². The van der Waals surface area contributed by atoms with E-state index in [4.69, 9.17) is 0 Å². The Balaban J connectivity index is 2.63. The first-order valence-corrected chi connectivity index (χ1v) is 4.53. The van der Waals surface area contributed by atoms with E-state index in [-0.39, 0.29) is 5.75 Å². The van der Waals surface area contributed by atoms with E-state index in [2.05, 4.69) is 4.98 Å². The smallest absolute Gasteiger partial charge is 0.202 e. The number of rotatable bonds is 0. The third-order valence-electron chi connectivity index (χ3n) is 2.50. The number of para-hydroxylation sites is 2. The first-order valence-electron chi connectivity index (χ1n) is 4.53. The van der Waals surface area contributed by atoms with Crippen LogP contribution in [0.5, 0.6) is 5.75 Å². The van der Waals surface area contributed by atoms with Crippen molar-refractivity contribution in [1.29, 1.82) is 0 Å². The average molecular weight is 182 g/mol. The highest BCUT2D eigenvalue weighted by molar-refractivity contribution is 6.08. The fraction of sp³-hybridized carbons (Fsp3) is 0. The van der Waals surface area contributed by atoms with E-state index in [1.54, 1.807) is 12.1 Å². The van der Waals surface area contributed by atoms with Crippen LogP contribution < -0.4 is 0 Å². The highest BCUT2D eigenvalue weighted by Crippen LogP contribution is 2.30. The van der Waals surface area contributed by atoms with Crippen molar-refractivity contribution in [3.8, 4) is 5.75 Å². The van der Waals surface area contributed by atoms with Gasteiger partial charge in [-0.2, -0.15) is 0 Å². The van der Waals surface area contributed by atoms with Crippen molar-refractivity contribution in [3.05, 3.63) is 42.5 Å². The van der Waals surface area contributed by atoms with Gasteiger partial charge in [0.25, 0.3) is 0 Å². The third-order valence-corrected chi connectivity index (χ3v) is 2.50. The maximum Gasteiger partial charge on any atom is 0.202 e. The predicted octanol–water partition coefficient (Wildman–Crippen LogP) is 3.46. The molecule has 67 valence electrons.